The highest BCUT2D eigenvalue weighted by atomic mass is 16.6. The van der Waals surface area contributed by atoms with Crippen molar-refractivity contribution in [3.8, 4) is 0 Å². The summed E-state index contributed by atoms with van der Waals surface area (Å²) in [6.07, 6.45) is 0.788. The lowest BCUT2D eigenvalue weighted by atomic mass is 10.1. The van der Waals surface area contributed by atoms with Crippen LogP contribution in [0.5, 0.6) is 0 Å². The topological polar surface area (TPSA) is 113 Å². The lowest BCUT2D eigenvalue weighted by Crippen LogP contribution is -2.45. The number of nitro groups is 1. The number of rotatable bonds is 9. The SMILES string of the molecule is CCCNC(=O)[C@H](C)NC(=O)c1ccc(NCc2ccccc2)c([N+](=O)[O-])c1. The highest BCUT2D eigenvalue weighted by molar-refractivity contribution is 5.98. The van der Waals surface area contributed by atoms with Crippen LogP contribution < -0.4 is 16.0 Å². The van der Waals surface area contributed by atoms with E-state index < -0.39 is 16.9 Å². The maximum Gasteiger partial charge on any atom is 0.293 e. The highest BCUT2D eigenvalue weighted by Crippen LogP contribution is 2.26. The van der Waals surface area contributed by atoms with E-state index in [0.717, 1.165) is 12.0 Å². The Labute approximate surface area is 163 Å². The molecular weight excluding hydrogens is 360 g/mol. The lowest BCUT2D eigenvalue weighted by molar-refractivity contribution is -0.384. The molecule has 28 heavy (non-hydrogen) atoms. The van der Waals surface area contributed by atoms with Gasteiger partial charge in [0.15, 0.2) is 0 Å². The zero-order valence-electron chi connectivity index (χ0n) is 15.9. The molecule has 148 valence electrons. The molecule has 2 aromatic rings. The smallest absolute Gasteiger partial charge is 0.293 e. The van der Waals surface area contributed by atoms with Crippen LogP contribution >= 0.6 is 0 Å². The molecule has 0 radical (unpaired) electrons. The van der Waals surface area contributed by atoms with Crippen molar-refractivity contribution < 1.29 is 14.5 Å². The van der Waals surface area contributed by atoms with E-state index in [1.165, 1.54) is 18.2 Å². The molecule has 2 rings (SSSR count). The molecule has 0 unspecified atom stereocenters. The Morgan fingerprint density at radius 1 is 1.14 bits per heavy atom. The zero-order valence-corrected chi connectivity index (χ0v) is 15.9. The summed E-state index contributed by atoms with van der Waals surface area (Å²) in [5, 5.41) is 19.7. The normalized spacial score (nSPS) is 11.4. The van der Waals surface area contributed by atoms with Gasteiger partial charge in [-0.15, -0.1) is 0 Å². The van der Waals surface area contributed by atoms with Crippen molar-refractivity contribution in [3.05, 3.63) is 69.8 Å². The number of amides is 2. The van der Waals surface area contributed by atoms with Crippen LogP contribution in [0, 0.1) is 10.1 Å². The van der Waals surface area contributed by atoms with Crippen molar-refractivity contribution in [2.24, 2.45) is 0 Å². The number of benzene rings is 2. The van der Waals surface area contributed by atoms with Crippen LogP contribution in [0.15, 0.2) is 48.5 Å². The molecule has 3 N–H and O–H groups in total. The van der Waals surface area contributed by atoms with Crippen molar-refractivity contribution in [2.75, 3.05) is 11.9 Å². The highest BCUT2D eigenvalue weighted by Gasteiger charge is 2.20. The lowest BCUT2D eigenvalue weighted by Gasteiger charge is -2.14. The van der Waals surface area contributed by atoms with Crippen molar-refractivity contribution in [1.82, 2.24) is 10.6 Å². The first-order valence-electron chi connectivity index (χ1n) is 9.07. The fourth-order valence-electron chi connectivity index (χ4n) is 2.51. The minimum atomic E-state index is -0.742. The first kappa shape index (κ1) is 20.9. The van der Waals surface area contributed by atoms with Gasteiger partial charge in [-0.05, 0) is 31.0 Å². The van der Waals surface area contributed by atoms with E-state index in [4.69, 9.17) is 0 Å². The number of hydrogen-bond acceptors (Lipinski definition) is 5. The predicted molar refractivity (Wildman–Crippen MR) is 107 cm³/mol. The van der Waals surface area contributed by atoms with Gasteiger partial charge < -0.3 is 16.0 Å². The molecule has 8 nitrogen and oxygen atoms in total. The Bertz CT molecular complexity index is 839. The van der Waals surface area contributed by atoms with Gasteiger partial charge in [-0.2, -0.15) is 0 Å². The van der Waals surface area contributed by atoms with Crippen molar-refractivity contribution in [3.63, 3.8) is 0 Å². The summed E-state index contributed by atoms with van der Waals surface area (Å²) in [5.41, 5.74) is 1.21. The Morgan fingerprint density at radius 3 is 2.50 bits per heavy atom. The summed E-state index contributed by atoms with van der Waals surface area (Å²) >= 11 is 0. The summed E-state index contributed by atoms with van der Waals surface area (Å²) in [6, 6.07) is 12.9. The first-order valence-corrected chi connectivity index (χ1v) is 9.07. The van der Waals surface area contributed by atoms with Crippen LogP contribution in [-0.4, -0.2) is 29.3 Å². The maximum absolute atomic E-state index is 12.4. The van der Waals surface area contributed by atoms with Gasteiger partial charge in [-0.3, -0.25) is 19.7 Å². The molecule has 0 aliphatic heterocycles. The van der Waals surface area contributed by atoms with Gasteiger partial charge in [0.05, 0.1) is 4.92 Å². The Balaban J connectivity index is 2.09. The minimum Gasteiger partial charge on any atom is -0.375 e. The molecule has 0 bridgehead atoms. The van der Waals surface area contributed by atoms with E-state index in [9.17, 15) is 19.7 Å². The molecule has 0 aliphatic rings. The second-order valence-electron chi connectivity index (χ2n) is 6.31. The Kier molecular flexibility index (Phi) is 7.50. The molecule has 0 spiro atoms. The van der Waals surface area contributed by atoms with Gasteiger partial charge in [0.2, 0.25) is 5.91 Å². The van der Waals surface area contributed by atoms with Crippen LogP contribution in [0.25, 0.3) is 0 Å². The number of carbonyl (C=O) groups is 2. The molecule has 0 aromatic heterocycles. The molecule has 8 heteroatoms. The molecule has 0 heterocycles. The summed E-state index contributed by atoms with van der Waals surface area (Å²) in [7, 11) is 0. The summed E-state index contributed by atoms with van der Waals surface area (Å²) in [4.78, 5) is 35.1. The second-order valence-corrected chi connectivity index (χ2v) is 6.31. The second kappa shape index (κ2) is 10.1. The van der Waals surface area contributed by atoms with Gasteiger partial charge in [0.25, 0.3) is 11.6 Å². The van der Waals surface area contributed by atoms with Crippen LogP contribution in [0.4, 0.5) is 11.4 Å². The summed E-state index contributed by atoms with van der Waals surface area (Å²) in [5.74, 6) is -0.845. The van der Waals surface area contributed by atoms with Gasteiger partial charge in [-0.25, -0.2) is 0 Å². The number of nitrogens with one attached hydrogen (secondary N) is 3. The fraction of sp³-hybridized carbons (Fsp3) is 0.300. The number of hydrogen-bond donors (Lipinski definition) is 3. The Morgan fingerprint density at radius 2 is 1.86 bits per heavy atom. The quantitative estimate of drug-likeness (QED) is 0.454. The van der Waals surface area contributed by atoms with E-state index in [1.807, 2.05) is 37.3 Å². The fourth-order valence-corrected chi connectivity index (χ4v) is 2.51. The molecular formula is C20H24N4O4. The zero-order chi connectivity index (χ0) is 20.5. The van der Waals surface area contributed by atoms with Gasteiger partial charge >= 0.3 is 0 Å². The predicted octanol–water partition coefficient (Wildman–Crippen LogP) is 2.85. The van der Waals surface area contributed by atoms with E-state index in [0.29, 0.717) is 18.8 Å². The number of carbonyl (C=O) groups excluding carboxylic acids is 2. The average Bonchev–Trinajstić information content (AvgIpc) is 2.70. The van der Waals surface area contributed by atoms with Crippen molar-refractivity contribution in [1.29, 1.82) is 0 Å². The summed E-state index contributed by atoms with van der Waals surface area (Å²) in [6.45, 7) is 4.43. The number of anilines is 1. The monoisotopic (exact) mass is 384 g/mol. The largest absolute Gasteiger partial charge is 0.375 e. The number of nitrogens with zero attached hydrogens (tertiary/aromatic N) is 1. The van der Waals surface area contributed by atoms with Gasteiger partial charge in [-0.1, -0.05) is 37.3 Å². The molecule has 2 aromatic carbocycles. The summed E-state index contributed by atoms with van der Waals surface area (Å²) < 4.78 is 0. The maximum atomic E-state index is 12.4. The van der Waals surface area contributed by atoms with Crippen LogP contribution in [0.1, 0.15) is 36.2 Å². The van der Waals surface area contributed by atoms with Crippen molar-refractivity contribution in [2.45, 2.75) is 32.9 Å². The van der Waals surface area contributed by atoms with E-state index in [1.54, 1.807) is 6.92 Å². The standard InChI is InChI=1S/C20H24N4O4/c1-3-11-21-19(25)14(2)23-20(26)16-9-10-17(18(12-16)24(27)28)22-13-15-7-5-4-6-8-15/h4-10,12,14,22H,3,11,13H2,1-2H3,(H,21,25)(H,23,26)/t14-/m0/s1. The third-order valence-electron chi connectivity index (χ3n) is 4.07. The van der Waals surface area contributed by atoms with Gasteiger partial charge in [0, 0.05) is 24.7 Å². The van der Waals surface area contributed by atoms with E-state index in [-0.39, 0.29) is 17.2 Å². The minimum absolute atomic E-state index is 0.118. The number of nitro benzene ring substituents is 1. The first-order chi connectivity index (χ1) is 13.4. The third-order valence-corrected chi connectivity index (χ3v) is 4.07. The molecule has 0 saturated heterocycles. The molecule has 0 fully saturated rings. The van der Waals surface area contributed by atoms with Crippen LogP contribution in [0.3, 0.4) is 0 Å². The third kappa shape index (κ3) is 5.80. The van der Waals surface area contributed by atoms with E-state index >= 15 is 0 Å². The van der Waals surface area contributed by atoms with E-state index in [2.05, 4.69) is 16.0 Å². The molecule has 0 aliphatic carbocycles. The average molecular weight is 384 g/mol. The Hall–Kier alpha value is -3.42. The molecule has 2 amide bonds. The van der Waals surface area contributed by atoms with Crippen molar-refractivity contribution >= 4 is 23.2 Å². The van der Waals surface area contributed by atoms with Crippen LogP contribution in [-0.2, 0) is 11.3 Å². The molecule has 0 saturated carbocycles. The molecule has 1 atom stereocenters. The van der Waals surface area contributed by atoms with Gasteiger partial charge in [0.1, 0.15) is 11.7 Å². The van der Waals surface area contributed by atoms with Crippen LogP contribution in [0.2, 0.25) is 0 Å².